The van der Waals surface area contributed by atoms with Crippen molar-refractivity contribution in [3.8, 4) is 17.6 Å². The fourth-order valence-electron chi connectivity index (χ4n) is 2.49. The summed E-state index contributed by atoms with van der Waals surface area (Å²) in [5.41, 5.74) is -0.640. The Kier molecular flexibility index (Phi) is 9.29. The molecule has 5 heteroatoms. The van der Waals surface area contributed by atoms with Crippen molar-refractivity contribution in [2.45, 2.75) is 47.0 Å². The first kappa shape index (κ1) is 22.4. The molecule has 146 valence electrons. The van der Waals surface area contributed by atoms with Gasteiger partial charge >= 0.3 is 11.9 Å². The second-order valence-electron chi connectivity index (χ2n) is 6.44. The molecule has 0 aromatic heterocycles. The number of hydrogen-bond donors (Lipinski definition) is 0. The Morgan fingerprint density at radius 1 is 1.04 bits per heavy atom. The molecule has 0 aliphatic carbocycles. The van der Waals surface area contributed by atoms with E-state index in [4.69, 9.17) is 14.2 Å². The summed E-state index contributed by atoms with van der Waals surface area (Å²) >= 11 is 0. The monoisotopic (exact) mass is 373 g/mol. The summed E-state index contributed by atoms with van der Waals surface area (Å²) in [7, 11) is 1.60. The maximum Gasteiger partial charge on any atom is 0.324 e. The summed E-state index contributed by atoms with van der Waals surface area (Å²) < 4.78 is 15.5. The van der Waals surface area contributed by atoms with Crippen molar-refractivity contribution < 1.29 is 23.8 Å². The lowest BCUT2D eigenvalue weighted by molar-refractivity contribution is -0.172. The zero-order chi connectivity index (χ0) is 20.3. The van der Waals surface area contributed by atoms with Crippen LogP contribution in [0.5, 0.6) is 5.75 Å². The van der Waals surface area contributed by atoms with Crippen LogP contribution >= 0.6 is 0 Å². The maximum atomic E-state index is 12.7. The van der Waals surface area contributed by atoms with E-state index >= 15 is 0 Å². The van der Waals surface area contributed by atoms with Crippen molar-refractivity contribution >= 4 is 11.9 Å². The summed E-state index contributed by atoms with van der Waals surface area (Å²) in [5, 5.41) is 0. The second kappa shape index (κ2) is 11.2. The summed E-state index contributed by atoms with van der Waals surface area (Å²) in [6.45, 7) is 7.75. The van der Waals surface area contributed by atoms with Gasteiger partial charge in [-0.15, -0.1) is 0 Å². The van der Waals surface area contributed by atoms with Gasteiger partial charge in [0, 0.05) is 18.4 Å². The predicted molar refractivity (Wildman–Crippen MR) is 104 cm³/mol. The van der Waals surface area contributed by atoms with E-state index in [0.717, 1.165) is 17.2 Å². The second-order valence-corrected chi connectivity index (χ2v) is 6.44. The van der Waals surface area contributed by atoms with E-state index in [-0.39, 0.29) is 19.6 Å². The van der Waals surface area contributed by atoms with Gasteiger partial charge in [0.05, 0.1) is 46.5 Å². The summed E-state index contributed by atoms with van der Waals surface area (Å²) in [6.07, 6.45) is 0.968. The van der Waals surface area contributed by atoms with E-state index in [1.54, 1.807) is 21.0 Å². The first-order chi connectivity index (χ1) is 12.9. The molecule has 0 aliphatic rings. The van der Waals surface area contributed by atoms with Crippen LogP contribution in [-0.4, -0.2) is 32.3 Å². The van der Waals surface area contributed by atoms with Crippen LogP contribution in [0.1, 0.15) is 52.5 Å². The molecule has 0 bridgehead atoms. The topological polar surface area (TPSA) is 61.8 Å². The highest BCUT2D eigenvalue weighted by Gasteiger charge is 2.49. The molecule has 1 rings (SSSR count). The summed E-state index contributed by atoms with van der Waals surface area (Å²) in [6, 6.07) is 7.27. The van der Waals surface area contributed by atoms with Crippen molar-refractivity contribution in [3.05, 3.63) is 35.7 Å². The molecule has 0 amide bonds. The van der Waals surface area contributed by atoms with Gasteiger partial charge < -0.3 is 14.2 Å². The molecule has 1 aromatic carbocycles. The number of rotatable bonds is 9. The zero-order valence-electron chi connectivity index (χ0n) is 16.9. The standard InChI is InChI=1S/C22H29O5/c1-6-26-20(23)22(16-14-17(3)4,21(24)27-7-2)15-8-9-18-10-12-19(25-5)13-11-18/h10-13H,6-7,14-16H2,1-5H3/q+1. The minimum absolute atomic E-state index is 0.0456. The lowest BCUT2D eigenvalue weighted by atomic mass is 9.78. The highest BCUT2D eigenvalue weighted by Crippen LogP contribution is 2.34. The van der Waals surface area contributed by atoms with Crippen molar-refractivity contribution in [1.29, 1.82) is 0 Å². The first-order valence-corrected chi connectivity index (χ1v) is 9.16. The molecule has 0 aliphatic heterocycles. The molecule has 27 heavy (non-hydrogen) atoms. The average Bonchev–Trinajstić information content (AvgIpc) is 2.65. The Balaban J connectivity index is 3.14. The normalized spacial score (nSPS) is 10.4. The van der Waals surface area contributed by atoms with Gasteiger partial charge in [0.1, 0.15) is 5.75 Å². The lowest BCUT2D eigenvalue weighted by Crippen LogP contribution is -2.42. The van der Waals surface area contributed by atoms with E-state index < -0.39 is 17.4 Å². The van der Waals surface area contributed by atoms with E-state index in [0.29, 0.717) is 12.8 Å². The molecule has 0 spiro atoms. The van der Waals surface area contributed by atoms with Crippen LogP contribution in [0.25, 0.3) is 0 Å². The number of carbonyl (C=O) groups excluding carboxylic acids is 2. The third kappa shape index (κ3) is 6.56. The summed E-state index contributed by atoms with van der Waals surface area (Å²) in [4.78, 5) is 25.4. The van der Waals surface area contributed by atoms with E-state index in [1.165, 1.54) is 0 Å². The number of hydrogen-bond acceptors (Lipinski definition) is 5. The smallest absolute Gasteiger partial charge is 0.324 e. The van der Waals surface area contributed by atoms with E-state index in [9.17, 15) is 9.59 Å². The fourth-order valence-corrected chi connectivity index (χ4v) is 2.49. The Hall–Kier alpha value is -2.61. The molecule has 0 unspecified atom stereocenters. The van der Waals surface area contributed by atoms with Crippen LogP contribution in [0.2, 0.25) is 0 Å². The molecular weight excluding hydrogens is 344 g/mol. The first-order valence-electron chi connectivity index (χ1n) is 9.16. The molecule has 0 N–H and O–H groups in total. The molecule has 5 nitrogen and oxygen atoms in total. The Bertz CT molecular complexity index is 646. The van der Waals surface area contributed by atoms with Gasteiger partial charge in [-0.1, -0.05) is 11.8 Å². The van der Waals surface area contributed by atoms with Gasteiger partial charge in [-0.25, -0.2) is 0 Å². The molecule has 1 aromatic rings. The molecule has 0 saturated carbocycles. The molecule has 0 radical (unpaired) electrons. The van der Waals surface area contributed by atoms with Gasteiger partial charge in [-0.3, -0.25) is 9.59 Å². The van der Waals surface area contributed by atoms with Crippen molar-refractivity contribution in [1.82, 2.24) is 0 Å². The Morgan fingerprint density at radius 3 is 2.04 bits per heavy atom. The van der Waals surface area contributed by atoms with Gasteiger partial charge in [0.15, 0.2) is 5.41 Å². The number of methoxy groups -OCH3 is 1. The number of benzene rings is 1. The largest absolute Gasteiger partial charge is 0.497 e. The summed E-state index contributed by atoms with van der Waals surface area (Å²) in [5.74, 6) is 6.69. The molecule has 0 saturated heterocycles. The van der Waals surface area contributed by atoms with Crippen LogP contribution in [-0.2, 0) is 19.1 Å². The zero-order valence-corrected chi connectivity index (χ0v) is 16.9. The number of carbonyl (C=O) groups is 2. The maximum absolute atomic E-state index is 12.7. The number of esters is 2. The van der Waals surface area contributed by atoms with Crippen molar-refractivity contribution in [3.63, 3.8) is 0 Å². The number of ether oxygens (including phenoxy) is 3. The minimum Gasteiger partial charge on any atom is -0.497 e. The van der Waals surface area contributed by atoms with Crippen molar-refractivity contribution in [2.75, 3.05) is 20.3 Å². The van der Waals surface area contributed by atoms with E-state index in [2.05, 4.69) is 11.8 Å². The molecular formula is C22H29O5+. The van der Waals surface area contributed by atoms with Crippen LogP contribution in [0.15, 0.2) is 24.3 Å². The SMILES string of the molecule is CCOC(=O)C(CC#Cc1ccc(OC)cc1)(CC[C+](C)C)C(=O)OCC. The molecule has 0 heterocycles. The lowest BCUT2D eigenvalue weighted by Gasteiger charge is -2.26. The molecule has 0 fully saturated rings. The van der Waals surface area contributed by atoms with Gasteiger partial charge in [0.25, 0.3) is 0 Å². The third-order valence-electron chi connectivity index (χ3n) is 4.10. The average molecular weight is 373 g/mol. The molecule has 0 atom stereocenters. The van der Waals surface area contributed by atoms with Gasteiger partial charge in [-0.05, 0) is 38.1 Å². The highest BCUT2D eigenvalue weighted by atomic mass is 16.6. The fraction of sp³-hybridized carbons (Fsp3) is 0.500. The van der Waals surface area contributed by atoms with Gasteiger partial charge in [-0.2, -0.15) is 0 Å². The van der Waals surface area contributed by atoms with Crippen LogP contribution < -0.4 is 4.74 Å². The quantitative estimate of drug-likeness (QED) is 0.284. The minimum atomic E-state index is -1.41. The van der Waals surface area contributed by atoms with Gasteiger partial charge in [0.2, 0.25) is 0 Å². The van der Waals surface area contributed by atoms with Crippen LogP contribution in [0.3, 0.4) is 0 Å². The Labute approximate surface area is 162 Å². The van der Waals surface area contributed by atoms with Crippen LogP contribution in [0, 0.1) is 23.2 Å². The highest BCUT2D eigenvalue weighted by molar-refractivity contribution is 6.00. The van der Waals surface area contributed by atoms with E-state index in [1.807, 2.05) is 38.1 Å². The van der Waals surface area contributed by atoms with Crippen molar-refractivity contribution in [2.24, 2.45) is 5.41 Å². The Morgan fingerprint density at radius 2 is 1.59 bits per heavy atom. The third-order valence-corrected chi connectivity index (χ3v) is 4.10. The predicted octanol–water partition coefficient (Wildman–Crippen LogP) is 3.94. The van der Waals surface area contributed by atoms with Crippen LogP contribution in [0.4, 0.5) is 0 Å².